The predicted molar refractivity (Wildman–Crippen MR) is 155 cm³/mol. The Hall–Kier alpha value is -4.68. The van der Waals surface area contributed by atoms with Gasteiger partial charge in [0, 0.05) is 0 Å². The zero-order valence-corrected chi connectivity index (χ0v) is 19.9. The van der Waals surface area contributed by atoms with E-state index in [-0.39, 0.29) is 0 Å². The maximum absolute atomic E-state index is 2.41. The Balaban J connectivity index is 1.82. The van der Waals surface area contributed by atoms with Crippen molar-refractivity contribution in [1.29, 1.82) is 0 Å². The lowest BCUT2D eigenvalue weighted by Gasteiger charge is -2.21. The number of benzene rings is 7. The Kier molecular flexibility index (Phi) is 4.89. The van der Waals surface area contributed by atoms with E-state index in [2.05, 4.69) is 146 Å². The Morgan fingerprint density at radius 2 is 0.667 bits per heavy atom. The second-order valence-electron chi connectivity index (χ2n) is 9.29. The van der Waals surface area contributed by atoms with Gasteiger partial charge in [-0.25, -0.2) is 0 Å². The van der Waals surface area contributed by atoms with E-state index in [9.17, 15) is 0 Å². The van der Waals surface area contributed by atoms with E-state index in [0.29, 0.717) is 0 Å². The van der Waals surface area contributed by atoms with Gasteiger partial charge in [-0.1, -0.05) is 140 Å². The number of fused-ring (bicyclic) bond motifs is 6. The van der Waals surface area contributed by atoms with E-state index in [0.717, 1.165) is 0 Å². The zero-order valence-electron chi connectivity index (χ0n) is 19.9. The molecule has 36 heavy (non-hydrogen) atoms. The van der Waals surface area contributed by atoms with Crippen LogP contribution in [0.1, 0.15) is 0 Å². The van der Waals surface area contributed by atoms with Crippen molar-refractivity contribution in [1.82, 2.24) is 0 Å². The van der Waals surface area contributed by atoms with E-state index in [1.165, 1.54) is 65.7 Å². The van der Waals surface area contributed by atoms with Gasteiger partial charge < -0.3 is 0 Å². The van der Waals surface area contributed by atoms with Crippen molar-refractivity contribution >= 4 is 32.3 Å². The molecule has 168 valence electrons. The van der Waals surface area contributed by atoms with Crippen molar-refractivity contribution in [2.75, 3.05) is 0 Å². The van der Waals surface area contributed by atoms with Crippen LogP contribution in [0.2, 0.25) is 0 Å². The van der Waals surface area contributed by atoms with Crippen molar-refractivity contribution in [2.24, 2.45) is 0 Å². The third kappa shape index (κ3) is 3.23. The van der Waals surface area contributed by atoms with Gasteiger partial charge >= 0.3 is 0 Å². The molecule has 0 saturated heterocycles. The highest BCUT2D eigenvalue weighted by Crippen LogP contribution is 2.48. The molecule has 0 aromatic heterocycles. The molecule has 0 nitrogen and oxygen atoms in total. The second-order valence-corrected chi connectivity index (χ2v) is 9.29. The summed E-state index contributed by atoms with van der Waals surface area (Å²) in [6, 6.07) is 52.7. The van der Waals surface area contributed by atoms with Gasteiger partial charge in [-0.15, -0.1) is 0 Å². The summed E-state index contributed by atoms with van der Waals surface area (Å²) in [5.41, 5.74) is 7.52. The van der Waals surface area contributed by atoms with Gasteiger partial charge in [0.25, 0.3) is 0 Å². The Labute approximate surface area is 211 Å². The minimum absolute atomic E-state index is 1.23. The topological polar surface area (TPSA) is 0 Å². The molecule has 0 fully saturated rings. The number of hydrogen-bond acceptors (Lipinski definition) is 0. The first kappa shape index (κ1) is 20.7. The molecule has 0 bridgehead atoms. The first-order valence-electron chi connectivity index (χ1n) is 12.5. The largest absolute Gasteiger partial charge is 0.0622 e. The lowest BCUT2D eigenvalue weighted by molar-refractivity contribution is 1.60. The fourth-order valence-electron chi connectivity index (χ4n) is 5.70. The number of rotatable bonds is 3. The van der Waals surface area contributed by atoms with Gasteiger partial charge in [0.2, 0.25) is 0 Å². The SMILES string of the molecule is c1ccc(-c2cc(-c3ccccc3)c3c4ccccc4c4ccccc4c3c2-c2ccccc2)cc1. The Morgan fingerprint density at radius 3 is 1.19 bits per heavy atom. The van der Waals surface area contributed by atoms with Crippen LogP contribution in [0.4, 0.5) is 0 Å². The average Bonchev–Trinajstić information content (AvgIpc) is 2.97. The van der Waals surface area contributed by atoms with E-state index >= 15 is 0 Å². The quantitative estimate of drug-likeness (QED) is 0.232. The lowest BCUT2D eigenvalue weighted by Crippen LogP contribution is -1.94. The molecule has 0 heteroatoms. The molecule has 0 aliphatic rings. The van der Waals surface area contributed by atoms with Crippen LogP contribution in [0.25, 0.3) is 65.7 Å². The lowest BCUT2D eigenvalue weighted by atomic mass is 9.81. The van der Waals surface area contributed by atoms with Gasteiger partial charge in [0.05, 0.1) is 0 Å². The average molecular weight is 457 g/mol. The molecule has 0 radical (unpaired) electrons. The smallest absolute Gasteiger partial charge is 0.000786 e. The second kappa shape index (κ2) is 8.52. The summed E-state index contributed by atoms with van der Waals surface area (Å²) in [4.78, 5) is 0. The van der Waals surface area contributed by atoms with Crippen molar-refractivity contribution < 1.29 is 0 Å². The third-order valence-corrected chi connectivity index (χ3v) is 7.24. The first-order chi connectivity index (χ1) is 17.9. The highest BCUT2D eigenvalue weighted by molar-refractivity contribution is 6.32. The monoisotopic (exact) mass is 456 g/mol. The van der Waals surface area contributed by atoms with E-state index < -0.39 is 0 Å². The molecular weight excluding hydrogens is 432 g/mol. The fourth-order valence-corrected chi connectivity index (χ4v) is 5.70. The number of hydrogen-bond donors (Lipinski definition) is 0. The summed E-state index contributed by atoms with van der Waals surface area (Å²) >= 11 is 0. The maximum Gasteiger partial charge on any atom is -0.000786 e. The Bertz CT molecular complexity index is 1850. The predicted octanol–water partition coefficient (Wildman–Crippen LogP) is 10.1. The first-order valence-corrected chi connectivity index (χ1v) is 12.5. The summed E-state index contributed by atoms with van der Waals surface area (Å²) in [5, 5.41) is 7.80. The molecular formula is C36H24. The van der Waals surface area contributed by atoms with Crippen LogP contribution in [0.5, 0.6) is 0 Å². The molecule has 7 aromatic carbocycles. The van der Waals surface area contributed by atoms with Crippen molar-refractivity contribution in [3.05, 3.63) is 146 Å². The van der Waals surface area contributed by atoms with Crippen LogP contribution < -0.4 is 0 Å². The fraction of sp³-hybridized carbons (Fsp3) is 0. The molecule has 0 heterocycles. The third-order valence-electron chi connectivity index (χ3n) is 7.24. The van der Waals surface area contributed by atoms with E-state index in [1.807, 2.05) is 0 Å². The molecule has 0 atom stereocenters. The maximum atomic E-state index is 2.41. The van der Waals surface area contributed by atoms with Crippen molar-refractivity contribution in [2.45, 2.75) is 0 Å². The highest BCUT2D eigenvalue weighted by atomic mass is 14.2. The molecule has 0 aliphatic heterocycles. The minimum Gasteiger partial charge on any atom is -0.0622 e. The van der Waals surface area contributed by atoms with Gasteiger partial charge in [-0.2, -0.15) is 0 Å². The summed E-state index contributed by atoms with van der Waals surface area (Å²) in [6.07, 6.45) is 0. The van der Waals surface area contributed by atoms with E-state index in [1.54, 1.807) is 0 Å². The standard InChI is InChI=1S/C36H24/c1-4-14-25(15-5-1)32-24-33(26-16-6-2-7-17-26)35-30-22-12-10-20-28(30)29-21-11-13-23-31(29)36(35)34(32)27-18-8-3-9-19-27/h1-24H. The molecule has 7 rings (SSSR count). The van der Waals surface area contributed by atoms with Crippen LogP contribution in [0.15, 0.2) is 146 Å². The van der Waals surface area contributed by atoms with Crippen LogP contribution in [-0.4, -0.2) is 0 Å². The molecule has 7 aromatic rings. The molecule has 0 N–H and O–H groups in total. The summed E-state index contributed by atoms with van der Waals surface area (Å²) in [6.45, 7) is 0. The van der Waals surface area contributed by atoms with Gasteiger partial charge in [-0.3, -0.25) is 0 Å². The van der Waals surface area contributed by atoms with Crippen LogP contribution >= 0.6 is 0 Å². The van der Waals surface area contributed by atoms with Crippen molar-refractivity contribution in [3.8, 4) is 33.4 Å². The normalized spacial score (nSPS) is 11.3. The molecule has 0 spiro atoms. The molecule has 0 aliphatic carbocycles. The van der Waals surface area contributed by atoms with Gasteiger partial charge in [0.15, 0.2) is 0 Å². The zero-order chi connectivity index (χ0) is 23.9. The highest BCUT2D eigenvalue weighted by Gasteiger charge is 2.20. The molecule has 0 unspecified atom stereocenters. The van der Waals surface area contributed by atoms with Crippen molar-refractivity contribution in [3.63, 3.8) is 0 Å². The van der Waals surface area contributed by atoms with E-state index in [4.69, 9.17) is 0 Å². The van der Waals surface area contributed by atoms with Gasteiger partial charge in [-0.05, 0) is 71.8 Å². The van der Waals surface area contributed by atoms with Crippen LogP contribution in [-0.2, 0) is 0 Å². The summed E-state index contributed by atoms with van der Waals surface area (Å²) < 4.78 is 0. The minimum atomic E-state index is 1.23. The summed E-state index contributed by atoms with van der Waals surface area (Å²) in [5.74, 6) is 0. The molecule has 0 amide bonds. The Morgan fingerprint density at radius 1 is 0.278 bits per heavy atom. The van der Waals surface area contributed by atoms with Crippen LogP contribution in [0.3, 0.4) is 0 Å². The van der Waals surface area contributed by atoms with Crippen LogP contribution in [0, 0.1) is 0 Å². The molecule has 0 saturated carbocycles. The van der Waals surface area contributed by atoms with Gasteiger partial charge in [0.1, 0.15) is 0 Å². The summed E-state index contributed by atoms with van der Waals surface area (Å²) in [7, 11) is 0.